The maximum atomic E-state index is 11.7. The fourth-order valence-electron chi connectivity index (χ4n) is 2.14. The van der Waals surface area contributed by atoms with Crippen LogP contribution in [-0.2, 0) is 4.79 Å². The zero-order valence-corrected chi connectivity index (χ0v) is 12.4. The molecule has 3 nitrogen and oxygen atoms in total. The number of anilines is 1. The van der Waals surface area contributed by atoms with E-state index in [9.17, 15) is 4.79 Å². The first-order chi connectivity index (χ1) is 8.65. The highest BCUT2D eigenvalue weighted by molar-refractivity contribution is 9.10. The third-order valence-electron chi connectivity index (χ3n) is 3.09. The Morgan fingerprint density at radius 1 is 1.39 bits per heavy atom. The lowest BCUT2D eigenvalue weighted by Gasteiger charge is -2.13. The van der Waals surface area contributed by atoms with Gasteiger partial charge in [-0.1, -0.05) is 24.4 Å². The molecular formula is C13H16BrClN2O. The predicted molar refractivity (Wildman–Crippen MR) is 78.0 cm³/mol. The SMILES string of the molecule is O=C(CNc1ccc(Br)c(Cl)c1)NC1CCCC1. The van der Waals surface area contributed by atoms with Crippen LogP contribution in [0.4, 0.5) is 5.69 Å². The van der Waals surface area contributed by atoms with Crippen molar-refractivity contribution in [3.63, 3.8) is 0 Å². The van der Waals surface area contributed by atoms with E-state index in [1.165, 1.54) is 12.8 Å². The highest BCUT2D eigenvalue weighted by atomic mass is 79.9. The van der Waals surface area contributed by atoms with Crippen LogP contribution in [0.3, 0.4) is 0 Å². The second kappa shape index (κ2) is 6.43. The molecule has 1 fully saturated rings. The van der Waals surface area contributed by atoms with Crippen LogP contribution in [0.25, 0.3) is 0 Å². The molecule has 0 atom stereocenters. The molecule has 0 aliphatic heterocycles. The summed E-state index contributed by atoms with van der Waals surface area (Å²) in [4.78, 5) is 11.7. The molecule has 1 aromatic carbocycles. The van der Waals surface area contributed by atoms with Crippen molar-refractivity contribution in [3.05, 3.63) is 27.7 Å². The normalized spacial score (nSPS) is 15.7. The van der Waals surface area contributed by atoms with Gasteiger partial charge in [-0.25, -0.2) is 0 Å². The Bertz CT molecular complexity index is 433. The second-order valence-electron chi connectivity index (χ2n) is 4.53. The summed E-state index contributed by atoms with van der Waals surface area (Å²) in [6.45, 7) is 0.286. The quantitative estimate of drug-likeness (QED) is 0.885. The Morgan fingerprint density at radius 3 is 2.78 bits per heavy atom. The molecule has 0 saturated heterocycles. The lowest BCUT2D eigenvalue weighted by Crippen LogP contribution is -2.36. The molecule has 0 aromatic heterocycles. The third kappa shape index (κ3) is 3.89. The van der Waals surface area contributed by atoms with E-state index in [-0.39, 0.29) is 12.5 Å². The van der Waals surface area contributed by atoms with Gasteiger partial charge in [0.25, 0.3) is 0 Å². The molecule has 2 N–H and O–H groups in total. The fourth-order valence-corrected chi connectivity index (χ4v) is 2.56. The van der Waals surface area contributed by atoms with Crippen molar-refractivity contribution in [1.29, 1.82) is 0 Å². The Labute approximate surface area is 120 Å². The Balaban J connectivity index is 1.79. The molecule has 0 bridgehead atoms. The molecule has 0 radical (unpaired) electrons. The van der Waals surface area contributed by atoms with Gasteiger partial charge in [0.2, 0.25) is 5.91 Å². The summed E-state index contributed by atoms with van der Waals surface area (Å²) in [5.41, 5.74) is 0.852. The molecule has 1 saturated carbocycles. The molecule has 0 unspecified atom stereocenters. The molecule has 5 heteroatoms. The van der Waals surface area contributed by atoms with E-state index in [0.717, 1.165) is 23.0 Å². The number of carbonyl (C=O) groups is 1. The first-order valence-electron chi connectivity index (χ1n) is 6.13. The number of nitrogens with one attached hydrogen (secondary N) is 2. The van der Waals surface area contributed by atoms with Crippen LogP contribution in [0.15, 0.2) is 22.7 Å². The van der Waals surface area contributed by atoms with E-state index in [0.29, 0.717) is 11.1 Å². The van der Waals surface area contributed by atoms with Crippen LogP contribution < -0.4 is 10.6 Å². The van der Waals surface area contributed by atoms with E-state index in [2.05, 4.69) is 26.6 Å². The van der Waals surface area contributed by atoms with Crippen molar-refractivity contribution >= 4 is 39.1 Å². The molecule has 0 heterocycles. The van der Waals surface area contributed by atoms with Crippen LogP contribution >= 0.6 is 27.5 Å². The summed E-state index contributed by atoms with van der Waals surface area (Å²) in [5, 5.41) is 6.74. The number of benzene rings is 1. The molecule has 1 amide bonds. The van der Waals surface area contributed by atoms with Gasteiger partial charge < -0.3 is 10.6 Å². The van der Waals surface area contributed by atoms with Gasteiger partial charge in [-0.05, 0) is 47.0 Å². The number of hydrogen-bond acceptors (Lipinski definition) is 2. The van der Waals surface area contributed by atoms with Crippen molar-refractivity contribution in [2.75, 3.05) is 11.9 Å². The predicted octanol–water partition coefficient (Wildman–Crippen LogP) is 3.57. The van der Waals surface area contributed by atoms with Crippen molar-refractivity contribution in [2.24, 2.45) is 0 Å². The smallest absolute Gasteiger partial charge is 0.239 e. The van der Waals surface area contributed by atoms with E-state index in [1.54, 1.807) is 6.07 Å². The summed E-state index contributed by atoms with van der Waals surface area (Å²) in [7, 11) is 0. The fraction of sp³-hybridized carbons (Fsp3) is 0.462. The molecule has 1 aliphatic carbocycles. The van der Waals surface area contributed by atoms with E-state index in [1.807, 2.05) is 12.1 Å². The molecule has 18 heavy (non-hydrogen) atoms. The summed E-state index contributed by atoms with van der Waals surface area (Å²) in [6.07, 6.45) is 4.66. The van der Waals surface area contributed by atoms with Crippen molar-refractivity contribution in [1.82, 2.24) is 5.32 Å². The third-order valence-corrected chi connectivity index (χ3v) is 4.33. The summed E-state index contributed by atoms with van der Waals surface area (Å²) in [5.74, 6) is 0.0425. The van der Waals surface area contributed by atoms with Gasteiger partial charge in [0.05, 0.1) is 11.6 Å². The Morgan fingerprint density at radius 2 is 2.11 bits per heavy atom. The van der Waals surface area contributed by atoms with Crippen LogP contribution in [0.1, 0.15) is 25.7 Å². The van der Waals surface area contributed by atoms with E-state index >= 15 is 0 Å². The number of hydrogen-bond donors (Lipinski definition) is 2. The lowest BCUT2D eigenvalue weighted by molar-refractivity contribution is -0.120. The van der Waals surface area contributed by atoms with Crippen LogP contribution in [-0.4, -0.2) is 18.5 Å². The number of halogens is 2. The van der Waals surface area contributed by atoms with Gasteiger partial charge in [-0.2, -0.15) is 0 Å². The van der Waals surface area contributed by atoms with Crippen LogP contribution in [0, 0.1) is 0 Å². The summed E-state index contributed by atoms with van der Waals surface area (Å²) in [6, 6.07) is 5.92. The van der Waals surface area contributed by atoms with Crippen molar-refractivity contribution in [3.8, 4) is 0 Å². The average molecular weight is 332 g/mol. The van der Waals surface area contributed by atoms with Crippen molar-refractivity contribution in [2.45, 2.75) is 31.7 Å². The monoisotopic (exact) mass is 330 g/mol. The zero-order chi connectivity index (χ0) is 13.0. The minimum absolute atomic E-state index is 0.0425. The van der Waals surface area contributed by atoms with Gasteiger partial charge in [-0.15, -0.1) is 0 Å². The minimum Gasteiger partial charge on any atom is -0.376 e. The standard InChI is InChI=1S/C13H16BrClN2O/c14-11-6-5-10(7-12(11)15)16-8-13(18)17-9-3-1-2-4-9/h5-7,9,16H,1-4,8H2,(H,17,18). The lowest BCUT2D eigenvalue weighted by atomic mass is 10.2. The molecule has 98 valence electrons. The molecule has 2 rings (SSSR count). The van der Waals surface area contributed by atoms with Gasteiger partial charge in [0.1, 0.15) is 0 Å². The Hall–Kier alpha value is -0.740. The van der Waals surface area contributed by atoms with Gasteiger partial charge in [0.15, 0.2) is 0 Å². The number of rotatable bonds is 4. The average Bonchev–Trinajstić information content (AvgIpc) is 2.83. The van der Waals surface area contributed by atoms with Crippen molar-refractivity contribution < 1.29 is 4.79 Å². The Kier molecular flexibility index (Phi) is 4.89. The molecule has 1 aliphatic rings. The first kappa shape index (κ1) is 13.7. The summed E-state index contributed by atoms with van der Waals surface area (Å²) < 4.78 is 0.852. The maximum Gasteiger partial charge on any atom is 0.239 e. The maximum absolute atomic E-state index is 11.7. The van der Waals surface area contributed by atoms with Crippen LogP contribution in [0.2, 0.25) is 5.02 Å². The first-order valence-corrected chi connectivity index (χ1v) is 7.30. The molecular weight excluding hydrogens is 316 g/mol. The van der Waals surface area contributed by atoms with Gasteiger partial charge in [0, 0.05) is 16.2 Å². The van der Waals surface area contributed by atoms with Gasteiger partial charge in [-0.3, -0.25) is 4.79 Å². The topological polar surface area (TPSA) is 41.1 Å². The van der Waals surface area contributed by atoms with Crippen LogP contribution in [0.5, 0.6) is 0 Å². The zero-order valence-electron chi connectivity index (χ0n) is 10.0. The summed E-state index contributed by atoms with van der Waals surface area (Å²) >= 11 is 9.31. The number of amides is 1. The highest BCUT2D eigenvalue weighted by Crippen LogP contribution is 2.25. The molecule has 0 spiro atoms. The van der Waals surface area contributed by atoms with E-state index < -0.39 is 0 Å². The van der Waals surface area contributed by atoms with Gasteiger partial charge >= 0.3 is 0 Å². The minimum atomic E-state index is 0.0425. The highest BCUT2D eigenvalue weighted by Gasteiger charge is 2.16. The number of carbonyl (C=O) groups excluding carboxylic acids is 1. The largest absolute Gasteiger partial charge is 0.376 e. The molecule has 1 aromatic rings. The second-order valence-corrected chi connectivity index (χ2v) is 5.79. The van der Waals surface area contributed by atoms with E-state index in [4.69, 9.17) is 11.6 Å².